The molecule has 0 aromatic carbocycles. The van der Waals surface area contributed by atoms with Crippen molar-refractivity contribution in [2.45, 2.75) is 57.8 Å². The predicted molar refractivity (Wildman–Crippen MR) is 81.8 cm³/mol. The summed E-state index contributed by atoms with van der Waals surface area (Å²) in [5, 5.41) is 3.87. The summed E-state index contributed by atoms with van der Waals surface area (Å²) in [4.78, 5) is 5.15. The van der Waals surface area contributed by atoms with Crippen LogP contribution >= 0.6 is 0 Å². The Morgan fingerprint density at radius 3 is 2.37 bits per heavy atom. The molecule has 1 saturated heterocycles. The van der Waals surface area contributed by atoms with Crippen LogP contribution in [-0.4, -0.2) is 45.5 Å². The second kappa shape index (κ2) is 6.75. The van der Waals surface area contributed by atoms with Crippen molar-refractivity contribution in [3.8, 4) is 0 Å². The molecule has 0 amide bonds. The van der Waals surface area contributed by atoms with Gasteiger partial charge in [0.1, 0.15) is 0 Å². The maximum absolute atomic E-state index is 8.27. The van der Waals surface area contributed by atoms with Gasteiger partial charge in [-0.05, 0) is 36.5 Å². The molecule has 1 aliphatic heterocycles. The van der Waals surface area contributed by atoms with E-state index in [1.54, 1.807) is 0 Å². The van der Waals surface area contributed by atoms with E-state index < -0.39 is 8.32 Å². The van der Waals surface area contributed by atoms with E-state index in [1.807, 2.05) is 0 Å². The van der Waals surface area contributed by atoms with Crippen molar-refractivity contribution < 1.29 is 4.43 Å². The second-order valence-corrected chi connectivity index (χ2v) is 11.6. The Labute approximate surface area is 118 Å². The number of hydrogen-bond acceptors (Lipinski definition) is 3. The van der Waals surface area contributed by atoms with E-state index in [0.29, 0.717) is 12.6 Å². The topological polar surface area (TPSA) is 61.2 Å². The molecule has 110 valence electrons. The molecule has 0 saturated carbocycles. The first-order chi connectivity index (χ1) is 8.76. The van der Waals surface area contributed by atoms with Crippen LogP contribution in [0.3, 0.4) is 0 Å². The van der Waals surface area contributed by atoms with Gasteiger partial charge >= 0.3 is 0 Å². The van der Waals surface area contributed by atoms with E-state index in [4.69, 9.17) is 9.96 Å². The average Bonchev–Trinajstić information content (AvgIpc) is 2.30. The molecule has 0 aromatic heterocycles. The Morgan fingerprint density at radius 2 is 1.89 bits per heavy atom. The first-order valence-electron chi connectivity index (χ1n) is 7.17. The molecule has 0 radical (unpaired) electrons. The van der Waals surface area contributed by atoms with Crippen LogP contribution < -0.4 is 0 Å². The number of hydrogen-bond donors (Lipinski definition) is 0. The van der Waals surface area contributed by atoms with Crippen molar-refractivity contribution in [3.05, 3.63) is 10.4 Å². The van der Waals surface area contributed by atoms with Crippen LogP contribution in [0.5, 0.6) is 0 Å². The van der Waals surface area contributed by atoms with Crippen molar-refractivity contribution >= 4 is 8.32 Å². The van der Waals surface area contributed by atoms with Crippen molar-refractivity contribution in [1.82, 2.24) is 4.90 Å². The molecule has 0 aromatic rings. The van der Waals surface area contributed by atoms with Crippen LogP contribution in [0.15, 0.2) is 5.11 Å². The third kappa shape index (κ3) is 5.14. The van der Waals surface area contributed by atoms with Gasteiger partial charge in [-0.25, -0.2) is 0 Å². The minimum atomic E-state index is -1.63. The van der Waals surface area contributed by atoms with Gasteiger partial charge in [0.25, 0.3) is 0 Å². The van der Waals surface area contributed by atoms with Gasteiger partial charge in [-0.15, -0.1) is 0 Å². The zero-order valence-corrected chi connectivity index (χ0v) is 14.0. The van der Waals surface area contributed by atoms with Gasteiger partial charge in [0.15, 0.2) is 8.32 Å². The third-order valence-electron chi connectivity index (χ3n) is 4.38. The summed E-state index contributed by atoms with van der Waals surface area (Å²) in [6.07, 6.45) is 2.61. The Kier molecular flexibility index (Phi) is 5.86. The van der Waals surface area contributed by atoms with Gasteiger partial charge in [0, 0.05) is 37.2 Å². The van der Waals surface area contributed by atoms with E-state index in [1.165, 1.54) is 0 Å². The fraction of sp³-hybridized carbons (Fsp3) is 1.00. The molecule has 5 nitrogen and oxygen atoms in total. The van der Waals surface area contributed by atoms with Crippen molar-refractivity contribution in [3.63, 3.8) is 0 Å². The summed E-state index contributed by atoms with van der Waals surface area (Å²) in [6, 6.07) is 0. The monoisotopic (exact) mass is 284 g/mol. The largest absolute Gasteiger partial charge is 0.414 e. The van der Waals surface area contributed by atoms with Gasteiger partial charge in [0.2, 0.25) is 0 Å². The van der Waals surface area contributed by atoms with Crippen molar-refractivity contribution in [1.29, 1.82) is 0 Å². The van der Waals surface area contributed by atoms with E-state index in [-0.39, 0.29) is 5.04 Å². The maximum atomic E-state index is 8.27. The van der Waals surface area contributed by atoms with Crippen molar-refractivity contribution in [2.24, 2.45) is 5.11 Å². The van der Waals surface area contributed by atoms with Crippen LogP contribution in [0.2, 0.25) is 18.1 Å². The van der Waals surface area contributed by atoms with Gasteiger partial charge in [-0.3, -0.25) is 0 Å². The summed E-state index contributed by atoms with van der Waals surface area (Å²) < 4.78 is 6.45. The molecule has 6 heteroatoms. The zero-order chi connectivity index (χ0) is 14.5. The zero-order valence-electron chi connectivity index (χ0n) is 13.0. The molecular formula is C13H28N4OSi. The lowest BCUT2D eigenvalue weighted by molar-refractivity contribution is 0.0912. The SMILES string of the molecule is CC(C)(C)[Si](C)(C)OC1CCN(CCN=[N+]=[N-])CC1. The summed E-state index contributed by atoms with van der Waals surface area (Å²) in [5.41, 5.74) is 8.27. The van der Waals surface area contributed by atoms with E-state index in [0.717, 1.165) is 32.5 Å². The molecule has 1 fully saturated rings. The van der Waals surface area contributed by atoms with Crippen LogP contribution in [0.4, 0.5) is 0 Å². The smallest absolute Gasteiger partial charge is 0.192 e. The highest BCUT2D eigenvalue weighted by molar-refractivity contribution is 6.74. The quantitative estimate of drug-likeness (QED) is 0.334. The molecular weight excluding hydrogens is 256 g/mol. The van der Waals surface area contributed by atoms with E-state index >= 15 is 0 Å². The standard InChI is InChI=1S/C13H28N4OSi/c1-13(2,3)19(4,5)18-12-6-9-17(10-7-12)11-8-15-16-14/h12H,6-11H2,1-5H3. The first-order valence-corrected chi connectivity index (χ1v) is 10.1. The highest BCUT2D eigenvalue weighted by atomic mass is 28.4. The molecule has 19 heavy (non-hydrogen) atoms. The first kappa shape index (κ1) is 16.5. The Hall–Kier alpha value is -0.553. The lowest BCUT2D eigenvalue weighted by Crippen LogP contribution is -2.47. The van der Waals surface area contributed by atoms with Gasteiger partial charge in [-0.2, -0.15) is 0 Å². The van der Waals surface area contributed by atoms with Crippen LogP contribution in [0.1, 0.15) is 33.6 Å². The van der Waals surface area contributed by atoms with Crippen LogP contribution in [0.25, 0.3) is 10.4 Å². The molecule has 0 N–H and O–H groups in total. The van der Waals surface area contributed by atoms with E-state index in [2.05, 4.69) is 48.8 Å². The normalized spacial score (nSPS) is 19.2. The number of nitrogens with zero attached hydrogens (tertiary/aromatic N) is 4. The van der Waals surface area contributed by atoms with E-state index in [9.17, 15) is 0 Å². The minimum Gasteiger partial charge on any atom is -0.414 e. The Bertz CT molecular complexity index is 326. The molecule has 1 rings (SSSR count). The average molecular weight is 284 g/mol. The van der Waals surface area contributed by atoms with Gasteiger partial charge < -0.3 is 9.33 Å². The number of likely N-dealkylation sites (tertiary alicyclic amines) is 1. The summed E-state index contributed by atoms with van der Waals surface area (Å²) in [5.74, 6) is 0. The number of rotatable bonds is 5. The predicted octanol–water partition coefficient (Wildman–Crippen LogP) is 3.78. The Morgan fingerprint density at radius 1 is 1.32 bits per heavy atom. The second-order valence-electron chi connectivity index (χ2n) is 6.87. The maximum Gasteiger partial charge on any atom is 0.192 e. The highest BCUT2D eigenvalue weighted by Crippen LogP contribution is 2.38. The lowest BCUT2D eigenvalue weighted by atomic mass is 10.1. The molecule has 0 bridgehead atoms. The molecule has 0 atom stereocenters. The third-order valence-corrected chi connectivity index (χ3v) is 8.92. The summed E-state index contributed by atoms with van der Waals surface area (Å²) in [7, 11) is -1.63. The molecule has 1 heterocycles. The fourth-order valence-electron chi connectivity index (χ4n) is 2.08. The Balaban J connectivity index is 2.36. The van der Waals surface area contributed by atoms with Crippen molar-refractivity contribution in [2.75, 3.05) is 26.2 Å². The number of piperidine rings is 1. The fourth-order valence-corrected chi connectivity index (χ4v) is 3.50. The number of azide groups is 1. The molecule has 1 aliphatic rings. The lowest BCUT2D eigenvalue weighted by Gasteiger charge is -2.41. The molecule has 0 aliphatic carbocycles. The molecule has 0 unspecified atom stereocenters. The summed E-state index contributed by atoms with van der Waals surface area (Å²) in [6.45, 7) is 15.1. The highest BCUT2D eigenvalue weighted by Gasteiger charge is 2.39. The van der Waals surface area contributed by atoms with Gasteiger partial charge in [-0.1, -0.05) is 25.9 Å². The van der Waals surface area contributed by atoms with Gasteiger partial charge in [0.05, 0.1) is 0 Å². The van der Waals surface area contributed by atoms with Crippen LogP contribution in [-0.2, 0) is 4.43 Å². The van der Waals surface area contributed by atoms with Crippen LogP contribution in [0, 0.1) is 0 Å². The summed E-state index contributed by atoms with van der Waals surface area (Å²) >= 11 is 0. The minimum absolute atomic E-state index is 0.283. The molecule has 0 spiro atoms.